The van der Waals surface area contributed by atoms with Gasteiger partial charge in [0, 0.05) is 6.08 Å². The van der Waals surface area contributed by atoms with Crippen molar-refractivity contribution >= 4 is 12.0 Å². The number of carbonyl (C=O) groups excluding carboxylic acids is 1. The standard InChI is InChI=1S/C21H26NO3/c1-6-25-19(23)15-14-18-17(13-12-16-10-8-7-9-11-16)20(2,3)22(24)21(18,4)5/h7-15H,6H2,1-5H3/b13-12+,15-14+. The lowest BCUT2D eigenvalue weighted by Gasteiger charge is -2.34. The number of ether oxygens (including phenoxy) is 1. The quantitative estimate of drug-likeness (QED) is 0.592. The van der Waals surface area contributed by atoms with Crippen LogP contribution in [0, 0.1) is 0 Å². The van der Waals surface area contributed by atoms with Crippen molar-refractivity contribution in [1.29, 1.82) is 0 Å². The molecule has 133 valence electrons. The van der Waals surface area contributed by atoms with E-state index >= 15 is 0 Å². The van der Waals surface area contributed by atoms with Crippen molar-refractivity contribution in [1.82, 2.24) is 5.06 Å². The van der Waals surface area contributed by atoms with Gasteiger partial charge in [-0.2, -0.15) is 0 Å². The van der Waals surface area contributed by atoms with Gasteiger partial charge in [-0.25, -0.2) is 4.79 Å². The number of rotatable bonds is 5. The predicted octanol–water partition coefficient (Wildman–Crippen LogP) is 4.33. The minimum atomic E-state index is -0.733. The summed E-state index contributed by atoms with van der Waals surface area (Å²) in [5, 5.41) is 13.9. The van der Waals surface area contributed by atoms with Crippen LogP contribution in [0.3, 0.4) is 0 Å². The molecule has 1 aliphatic rings. The first-order valence-corrected chi connectivity index (χ1v) is 8.52. The SMILES string of the molecule is CCOC(=O)/C=C/C1=C(/C=C/c2ccccc2)C(C)(C)N([O])C1(C)C. The fourth-order valence-electron chi connectivity index (χ4n) is 3.25. The van der Waals surface area contributed by atoms with E-state index in [2.05, 4.69) is 0 Å². The van der Waals surface area contributed by atoms with E-state index in [1.54, 1.807) is 13.0 Å². The molecule has 0 aliphatic carbocycles. The third-order valence-corrected chi connectivity index (χ3v) is 4.54. The normalized spacial score (nSPS) is 19.9. The Morgan fingerprint density at radius 1 is 1.00 bits per heavy atom. The summed E-state index contributed by atoms with van der Waals surface area (Å²) in [4.78, 5) is 11.7. The molecule has 0 saturated carbocycles. The highest BCUT2D eigenvalue weighted by molar-refractivity contribution is 5.83. The Morgan fingerprint density at radius 3 is 2.12 bits per heavy atom. The van der Waals surface area contributed by atoms with Crippen molar-refractivity contribution < 1.29 is 14.7 Å². The van der Waals surface area contributed by atoms with Gasteiger partial charge >= 0.3 is 5.97 Å². The molecule has 1 aromatic carbocycles. The van der Waals surface area contributed by atoms with Gasteiger partial charge in [-0.1, -0.05) is 42.5 Å². The number of carbonyl (C=O) groups is 1. The zero-order valence-electron chi connectivity index (χ0n) is 15.6. The highest BCUT2D eigenvalue weighted by Crippen LogP contribution is 2.45. The number of benzene rings is 1. The first-order valence-electron chi connectivity index (χ1n) is 8.52. The molecular formula is C21H26NO3. The summed E-state index contributed by atoms with van der Waals surface area (Å²) in [5.41, 5.74) is 1.36. The Kier molecular flexibility index (Phi) is 5.65. The Balaban J connectivity index is 2.47. The van der Waals surface area contributed by atoms with Crippen molar-refractivity contribution in [2.45, 2.75) is 45.7 Å². The Hall–Kier alpha value is -2.17. The molecule has 4 heteroatoms. The summed E-state index contributed by atoms with van der Waals surface area (Å²) in [7, 11) is 0. The van der Waals surface area contributed by atoms with E-state index in [9.17, 15) is 10.0 Å². The van der Waals surface area contributed by atoms with E-state index in [4.69, 9.17) is 4.74 Å². The fraction of sp³-hybridized carbons (Fsp3) is 0.381. The molecule has 4 nitrogen and oxygen atoms in total. The van der Waals surface area contributed by atoms with Crippen molar-refractivity contribution in [2.24, 2.45) is 0 Å². The predicted molar refractivity (Wildman–Crippen MR) is 99.0 cm³/mol. The second-order valence-corrected chi connectivity index (χ2v) is 7.07. The maximum atomic E-state index is 12.8. The molecule has 0 unspecified atom stereocenters. The average molecular weight is 340 g/mol. The molecule has 2 rings (SSSR count). The van der Waals surface area contributed by atoms with Crippen molar-refractivity contribution in [3.8, 4) is 0 Å². The van der Waals surface area contributed by atoms with Gasteiger partial charge in [0.1, 0.15) is 0 Å². The van der Waals surface area contributed by atoms with E-state index in [0.717, 1.165) is 21.8 Å². The minimum absolute atomic E-state index is 0.325. The van der Waals surface area contributed by atoms with Crippen LogP contribution < -0.4 is 0 Å². The third-order valence-electron chi connectivity index (χ3n) is 4.54. The lowest BCUT2D eigenvalue weighted by Crippen LogP contribution is -2.47. The summed E-state index contributed by atoms with van der Waals surface area (Å²) in [5.74, 6) is -0.403. The lowest BCUT2D eigenvalue weighted by molar-refractivity contribution is -0.239. The zero-order valence-corrected chi connectivity index (χ0v) is 15.6. The van der Waals surface area contributed by atoms with E-state index in [0.29, 0.717) is 6.61 Å². The van der Waals surface area contributed by atoms with Gasteiger partial charge in [0.2, 0.25) is 0 Å². The molecule has 1 heterocycles. The first-order chi connectivity index (χ1) is 11.7. The van der Waals surface area contributed by atoms with Crippen LogP contribution in [0.25, 0.3) is 6.08 Å². The van der Waals surface area contributed by atoms with Crippen LogP contribution in [0.5, 0.6) is 0 Å². The monoisotopic (exact) mass is 340 g/mol. The molecule has 0 aromatic heterocycles. The molecule has 0 fully saturated rings. The molecular weight excluding hydrogens is 314 g/mol. The number of nitrogens with zero attached hydrogens (tertiary/aromatic N) is 1. The van der Waals surface area contributed by atoms with Crippen LogP contribution in [0.1, 0.15) is 40.2 Å². The van der Waals surface area contributed by atoms with Crippen LogP contribution in [-0.4, -0.2) is 28.7 Å². The molecule has 1 aliphatic heterocycles. The maximum absolute atomic E-state index is 12.8. The van der Waals surface area contributed by atoms with Gasteiger partial charge in [0.05, 0.1) is 17.7 Å². The van der Waals surface area contributed by atoms with E-state index in [-0.39, 0.29) is 0 Å². The van der Waals surface area contributed by atoms with Gasteiger partial charge in [0.15, 0.2) is 0 Å². The number of hydroxylamine groups is 2. The number of hydrogen-bond donors (Lipinski definition) is 0. The average Bonchev–Trinajstić information content (AvgIpc) is 2.69. The summed E-state index contributed by atoms with van der Waals surface area (Å²) in [6, 6.07) is 9.92. The fourth-order valence-corrected chi connectivity index (χ4v) is 3.25. The molecule has 0 atom stereocenters. The van der Waals surface area contributed by atoms with E-state index < -0.39 is 17.0 Å². The molecule has 1 aromatic rings. The summed E-state index contributed by atoms with van der Waals surface area (Å²) in [6.45, 7) is 9.63. The third kappa shape index (κ3) is 3.91. The smallest absolute Gasteiger partial charge is 0.330 e. The molecule has 0 saturated heterocycles. The second-order valence-electron chi connectivity index (χ2n) is 7.07. The minimum Gasteiger partial charge on any atom is -0.463 e. The Morgan fingerprint density at radius 2 is 1.56 bits per heavy atom. The van der Waals surface area contributed by atoms with Crippen LogP contribution in [0.4, 0.5) is 0 Å². The lowest BCUT2D eigenvalue weighted by atomic mass is 9.89. The number of esters is 1. The molecule has 0 amide bonds. The van der Waals surface area contributed by atoms with Gasteiger partial charge in [-0.05, 0) is 57.4 Å². The van der Waals surface area contributed by atoms with Gasteiger partial charge in [-0.3, -0.25) is 0 Å². The Bertz CT molecular complexity index is 712. The maximum Gasteiger partial charge on any atom is 0.330 e. The van der Waals surface area contributed by atoms with Crippen LogP contribution in [0.15, 0.2) is 59.7 Å². The molecule has 0 N–H and O–H groups in total. The Labute approximate surface area is 150 Å². The topological polar surface area (TPSA) is 49.4 Å². The van der Waals surface area contributed by atoms with Crippen molar-refractivity contribution in [2.75, 3.05) is 6.61 Å². The molecule has 25 heavy (non-hydrogen) atoms. The first kappa shape index (κ1) is 19.2. The van der Waals surface area contributed by atoms with Crippen LogP contribution >= 0.6 is 0 Å². The van der Waals surface area contributed by atoms with Gasteiger partial charge < -0.3 is 4.74 Å². The van der Waals surface area contributed by atoms with Crippen LogP contribution in [0.2, 0.25) is 0 Å². The van der Waals surface area contributed by atoms with Gasteiger partial charge in [-0.15, -0.1) is 10.3 Å². The van der Waals surface area contributed by atoms with Crippen LogP contribution in [-0.2, 0) is 14.7 Å². The van der Waals surface area contributed by atoms with Crippen molar-refractivity contribution in [3.05, 3.63) is 65.3 Å². The zero-order chi connectivity index (χ0) is 18.7. The van der Waals surface area contributed by atoms with E-state index in [1.165, 1.54) is 6.08 Å². The number of hydrogen-bond acceptors (Lipinski definition) is 3. The van der Waals surface area contributed by atoms with Gasteiger partial charge in [0.25, 0.3) is 0 Å². The second kappa shape index (κ2) is 7.38. The molecule has 0 bridgehead atoms. The summed E-state index contributed by atoms with van der Waals surface area (Å²) >= 11 is 0. The molecule has 0 spiro atoms. The van der Waals surface area contributed by atoms with E-state index in [1.807, 2.05) is 70.2 Å². The molecule has 1 radical (unpaired) electrons. The summed E-state index contributed by atoms with van der Waals surface area (Å²) in [6.07, 6.45) is 7.07. The highest BCUT2D eigenvalue weighted by atomic mass is 16.5. The largest absolute Gasteiger partial charge is 0.463 e. The highest BCUT2D eigenvalue weighted by Gasteiger charge is 2.50. The summed E-state index contributed by atoms with van der Waals surface area (Å²) < 4.78 is 4.96. The van der Waals surface area contributed by atoms with Crippen molar-refractivity contribution in [3.63, 3.8) is 0 Å².